The van der Waals surface area contributed by atoms with Crippen molar-refractivity contribution in [3.63, 3.8) is 0 Å². The van der Waals surface area contributed by atoms with E-state index in [2.05, 4.69) is 33.0 Å². The van der Waals surface area contributed by atoms with Gasteiger partial charge in [-0.15, -0.1) is 0 Å². The minimum Gasteiger partial charge on any atom is -0.497 e. The van der Waals surface area contributed by atoms with Crippen LogP contribution in [0.2, 0.25) is 0 Å². The van der Waals surface area contributed by atoms with Crippen LogP contribution in [-0.4, -0.2) is 25.0 Å². The summed E-state index contributed by atoms with van der Waals surface area (Å²) >= 11 is 3.54. The number of halogens is 1. The second-order valence-electron chi connectivity index (χ2n) is 5.44. The van der Waals surface area contributed by atoms with Gasteiger partial charge in [-0.3, -0.25) is 4.79 Å². The highest BCUT2D eigenvalue weighted by Gasteiger charge is 2.37. The summed E-state index contributed by atoms with van der Waals surface area (Å²) in [6.07, 6.45) is 4.88. The molecule has 2 bridgehead atoms. The third-order valence-electron chi connectivity index (χ3n) is 4.18. The van der Waals surface area contributed by atoms with E-state index >= 15 is 0 Å². The lowest BCUT2D eigenvalue weighted by Gasteiger charge is -2.47. The monoisotopic (exact) mass is 323 g/mol. The number of Topliss-reactive ketones (excluding diaryl/α,β-unsaturated/α-hetero) is 1. The number of anilines is 1. The van der Waals surface area contributed by atoms with Crippen LogP contribution in [0.3, 0.4) is 0 Å². The largest absolute Gasteiger partial charge is 0.497 e. The van der Waals surface area contributed by atoms with Crippen molar-refractivity contribution in [1.82, 2.24) is 0 Å². The van der Waals surface area contributed by atoms with E-state index in [0.717, 1.165) is 23.1 Å². The van der Waals surface area contributed by atoms with E-state index in [0.29, 0.717) is 30.7 Å². The molecule has 0 aliphatic carbocycles. The zero-order valence-electron chi connectivity index (χ0n) is 11.1. The molecule has 2 unspecified atom stereocenters. The molecule has 0 spiro atoms. The molecule has 0 amide bonds. The Morgan fingerprint density at radius 2 is 1.89 bits per heavy atom. The van der Waals surface area contributed by atoms with E-state index < -0.39 is 0 Å². The van der Waals surface area contributed by atoms with Gasteiger partial charge in [0.2, 0.25) is 0 Å². The molecule has 2 aliphatic heterocycles. The molecule has 3 rings (SSSR count). The van der Waals surface area contributed by atoms with Crippen molar-refractivity contribution < 1.29 is 9.53 Å². The molecule has 4 heteroatoms. The first-order chi connectivity index (χ1) is 9.17. The van der Waals surface area contributed by atoms with E-state index in [-0.39, 0.29) is 0 Å². The summed E-state index contributed by atoms with van der Waals surface area (Å²) in [7, 11) is 1.69. The van der Waals surface area contributed by atoms with Crippen molar-refractivity contribution >= 4 is 27.4 Å². The average molecular weight is 324 g/mol. The van der Waals surface area contributed by atoms with E-state index in [4.69, 9.17) is 4.74 Å². The van der Waals surface area contributed by atoms with Gasteiger partial charge in [0.25, 0.3) is 0 Å². The maximum Gasteiger partial charge on any atom is 0.137 e. The molecule has 0 aromatic heterocycles. The summed E-state index contributed by atoms with van der Waals surface area (Å²) < 4.78 is 6.37. The number of hydrogen-bond donors (Lipinski definition) is 0. The number of piperidine rings is 2. The number of ketones is 1. The highest BCUT2D eigenvalue weighted by Crippen LogP contribution is 2.38. The Morgan fingerprint density at radius 3 is 2.53 bits per heavy atom. The van der Waals surface area contributed by atoms with Crippen LogP contribution in [0.4, 0.5) is 5.69 Å². The predicted molar refractivity (Wildman–Crippen MR) is 78.8 cm³/mol. The van der Waals surface area contributed by atoms with Gasteiger partial charge in [-0.05, 0) is 31.4 Å². The molecule has 3 nitrogen and oxygen atoms in total. The second kappa shape index (κ2) is 5.16. The van der Waals surface area contributed by atoms with Gasteiger partial charge in [-0.2, -0.15) is 0 Å². The maximum atomic E-state index is 11.8. The standard InChI is InChI=1S/C15H18BrNO2/c1-19-15-6-10(16)5-13(9-15)17-11-3-2-4-12(17)8-14(18)7-11/h5-6,9,11-12H,2-4,7-8H2,1H3. The molecule has 2 aliphatic rings. The van der Waals surface area contributed by atoms with Crippen molar-refractivity contribution in [3.05, 3.63) is 22.7 Å². The lowest BCUT2D eigenvalue weighted by molar-refractivity contribution is -0.121. The highest BCUT2D eigenvalue weighted by molar-refractivity contribution is 9.10. The van der Waals surface area contributed by atoms with Crippen molar-refractivity contribution in [2.45, 2.75) is 44.2 Å². The SMILES string of the molecule is COc1cc(Br)cc(N2C3CCCC2CC(=O)C3)c1. The third kappa shape index (κ3) is 2.50. The molecule has 2 saturated heterocycles. The molecule has 2 heterocycles. The van der Waals surface area contributed by atoms with Crippen molar-refractivity contribution in [1.29, 1.82) is 0 Å². The van der Waals surface area contributed by atoms with Gasteiger partial charge in [0.1, 0.15) is 11.5 Å². The van der Waals surface area contributed by atoms with Crippen molar-refractivity contribution in [2.75, 3.05) is 12.0 Å². The third-order valence-corrected chi connectivity index (χ3v) is 4.64. The topological polar surface area (TPSA) is 29.5 Å². The number of carbonyl (C=O) groups is 1. The summed E-state index contributed by atoms with van der Waals surface area (Å²) in [5.74, 6) is 1.28. The fraction of sp³-hybridized carbons (Fsp3) is 0.533. The lowest BCUT2D eigenvalue weighted by Crippen LogP contribution is -2.52. The van der Waals surface area contributed by atoms with Crippen LogP contribution in [0.5, 0.6) is 5.75 Å². The minimum atomic E-state index is 0.374. The Bertz CT molecular complexity index is 487. The lowest BCUT2D eigenvalue weighted by atomic mass is 9.83. The molecule has 19 heavy (non-hydrogen) atoms. The minimum absolute atomic E-state index is 0.374. The molecule has 2 atom stereocenters. The smallest absolute Gasteiger partial charge is 0.137 e. The molecule has 1 aromatic rings. The van der Waals surface area contributed by atoms with Gasteiger partial charge in [0.15, 0.2) is 0 Å². The van der Waals surface area contributed by atoms with E-state index in [1.54, 1.807) is 7.11 Å². The highest BCUT2D eigenvalue weighted by atomic mass is 79.9. The van der Waals surface area contributed by atoms with Gasteiger partial charge < -0.3 is 9.64 Å². The second-order valence-corrected chi connectivity index (χ2v) is 6.36. The Balaban J connectivity index is 1.96. The summed E-state index contributed by atoms with van der Waals surface area (Å²) in [6.45, 7) is 0. The van der Waals surface area contributed by atoms with Crippen LogP contribution in [0.25, 0.3) is 0 Å². The van der Waals surface area contributed by atoms with Gasteiger partial charge >= 0.3 is 0 Å². The van der Waals surface area contributed by atoms with Crippen molar-refractivity contribution in [3.8, 4) is 5.75 Å². The Hall–Kier alpha value is -1.03. The molecule has 0 saturated carbocycles. The van der Waals surface area contributed by atoms with Gasteiger partial charge in [0.05, 0.1) is 7.11 Å². The van der Waals surface area contributed by atoms with Crippen LogP contribution in [0.1, 0.15) is 32.1 Å². The van der Waals surface area contributed by atoms with Crippen LogP contribution in [-0.2, 0) is 4.79 Å². The van der Waals surface area contributed by atoms with Crippen LogP contribution >= 0.6 is 15.9 Å². The molecule has 0 N–H and O–H groups in total. The first-order valence-corrected chi connectivity index (χ1v) is 7.61. The van der Waals surface area contributed by atoms with Gasteiger partial charge in [0, 0.05) is 41.2 Å². The average Bonchev–Trinajstić information content (AvgIpc) is 2.36. The number of rotatable bonds is 2. The first kappa shape index (κ1) is 13.0. The number of benzene rings is 1. The Kier molecular flexibility index (Phi) is 3.52. The quantitative estimate of drug-likeness (QED) is 0.833. The first-order valence-electron chi connectivity index (χ1n) is 6.82. The normalized spacial score (nSPS) is 26.4. The van der Waals surface area contributed by atoms with Crippen LogP contribution < -0.4 is 9.64 Å². The number of nitrogens with zero attached hydrogens (tertiary/aromatic N) is 1. The molecule has 2 fully saturated rings. The van der Waals surface area contributed by atoms with Crippen LogP contribution in [0.15, 0.2) is 22.7 Å². The van der Waals surface area contributed by atoms with E-state index in [1.165, 1.54) is 12.1 Å². The number of ether oxygens (including phenoxy) is 1. The number of fused-ring (bicyclic) bond motifs is 2. The van der Waals surface area contributed by atoms with E-state index in [1.807, 2.05) is 6.07 Å². The summed E-state index contributed by atoms with van der Waals surface area (Å²) in [6, 6.07) is 6.92. The molecule has 0 radical (unpaired) electrons. The summed E-state index contributed by atoms with van der Waals surface area (Å²) in [4.78, 5) is 14.2. The predicted octanol–water partition coefficient (Wildman–Crippen LogP) is 3.55. The number of hydrogen-bond acceptors (Lipinski definition) is 3. The Morgan fingerprint density at radius 1 is 1.21 bits per heavy atom. The molecule has 102 valence electrons. The zero-order chi connectivity index (χ0) is 13.4. The summed E-state index contributed by atoms with van der Waals surface area (Å²) in [5.41, 5.74) is 1.17. The fourth-order valence-electron chi connectivity index (χ4n) is 3.41. The van der Waals surface area contributed by atoms with Gasteiger partial charge in [-0.1, -0.05) is 15.9 Å². The Labute approximate surface area is 122 Å². The fourth-order valence-corrected chi connectivity index (χ4v) is 3.87. The summed E-state index contributed by atoms with van der Waals surface area (Å²) in [5, 5.41) is 0. The maximum absolute atomic E-state index is 11.8. The van der Waals surface area contributed by atoms with Gasteiger partial charge in [-0.25, -0.2) is 0 Å². The van der Waals surface area contributed by atoms with Crippen molar-refractivity contribution in [2.24, 2.45) is 0 Å². The van der Waals surface area contributed by atoms with E-state index in [9.17, 15) is 4.79 Å². The molecular weight excluding hydrogens is 306 g/mol. The molecular formula is C15H18BrNO2. The number of methoxy groups -OCH3 is 1. The zero-order valence-corrected chi connectivity index (χ0v) is 12.6. The van der Waals surface area contributed by atoms with Crippen LogP contribution in [0, 0.1) is 0 Å². The number of carbonyl (C=O) groups excluding carboxylic acids is 1. The molecule has 1 aromatic carbocycles.